The van der Waals surface area contributed by atoms with E-state index in [-0.39, 0.29) is 0 Å². The normalized spacial score (nSPS) is 11.6. The Balaban J connectivity index is 1.32. The molecule has 0 saturated heterocycles. The molecule has 0 saturated carbocycles. The Morgan fingerprint density at radius 1 is 0.897 bits per heavy atom. The van der Waals surface area contributed by atoms with Crippen LogP contribution in [0.25, 0.3) is 38.3 Å². The molecule has 0 unspecified atom stereocenters. The Morgan fingerprint density at radius 3 is 2.66 bits per heavy atom. The van der Waals surface area contributed by atoms with E-state index in [1.165, 1.54) is 11.3 Å². The predicted octanol–water partition coefficient (Wildman–Crippen LogP) is 5.33. The minimum Gasteiger partial charge on any atom is -0.486 e. The lowest BCUT2D eigenvalue weighted by Crippen LogP contribution is -1.97. The van der Waals surface area contributed by atoms with Gasteiger partial charge < -0.3 is 9.15 Å². The Kier molecular flexibility index (Phi) is 3.60. The average molecular weight is 398 g/mol. The molecule has 0 aliphatic heterocycles. The van der Waals surface area contributed by atoms with Crippen LogP contribution >= 0.6 is 11.3 Å². The van der Waals surface area contributed by atoms with Crippen LogP contribution in [0.4, 0.5) is 0 Å². The van der Waals surface area contributed by atoms with Crippen LogP contribution in [0, 0.1) is 0 Å². The highest BCUT2D eigenvalue weighted by molar-refractivity contribution is 7.16. The number of nitrogens with zero attached hydrogens (tertiary/aromatic N) is 4. The predicted molar refractivity (Wildman–Crippen MR) is 112 cm³/mol. The molecule has 0 spiro atoms. The van der Waals surface area contributed by atoms with Crippen molar-refractivity contribution in [3.63, 3.8) is 0 Å². The molecule has 0 amide bonds. The van der Waals surface area contributed by atoms with E-state index in [0.29, 0.717) is 23.2 Å². The Morgan fingerprint density at radius 2 is 1.72 bits per heavy atom. The molecular formula is C22H14N4O2S. The second kappa shape index (κ2) is 6.42. The summed E-state index contributed by atoms with van der Waals surface area (Å²) in [6.07, 6.45) is 0. The molecule has 0 aliphatic rings. The highest BCUT2D eigenvalue weighted by atomic mass is 32.1. The van der Waals surface area contributed by atoms with Gasteiger partial charge in [-0.05, 0) is 23.6 Å². The number of hydrogen-bond donors (Lipinski definition) is 0. The summed E-state index contributed by atoms with van der Waals surface area (Å²) in [5.41, 5.74) is 0.814. The topological polar surface area (TPSA) is 65.5 Å². The van der Waals surface area contributed by atoms with E-state index in [2.05, 4.69) is 33.5 Å². The fraction of sp³-hybridized carbons (Fsp3) is 0.0455. The molecule has 0 aliphatic carbocycles. The van der Waals surface area contributed by atoms with Crippen molar-refractivity contribution in [1.82, 2.24) is 19.8 Å². The van der Waals surface area contributed by atoms with Crippen molar-refractivity contribution in [2.45, 2.75) is 6.61 Å². The third-order valence-electron chi connectivity index (χ3n) is 4.78. The van der Waals surface area contributed by atoms with Crippen LogP contribution in [0.5, 0.6) is 5.75 Å². The largest absolute Gasteiger partial charge is 0.486 e. The SMILES string of the molecule is c1ccc2oc(-c3nnc4sc(COc5cccc6ccccc56)nn34)cc2c1. The van der Waals surface area contributed by atoms with Crippen LogP contribution in [0.1, 0.15) is 5.01 Å². The van der Waals surface area contributed by atoms with Crippen LogP contribution in [0.2, 0.25) is 0 Å². The molecule has 6 aromatic rings. The first kappa shape index (κ1) is 16.3. The van der Waals surface area contributed by atoms with Gasteiger partial charge in [-0.2, -0.15) is 9.61 Å². The minimum atomic E-state index is 0.363. The second-order valence-electron chi connectivity index (χ2n) is 6.63. The molecule has 0 bridgehead atoms. The second-order valence-corrected chi connectivity index (χ2v) is 7.67. The molecule has 7 heteroatoms. The van der Waals surface area contributed by atoms with Crippen LogP contribution in [-0.4, -0.2) is 19.8 Å². The first-order valence-electron chi connectivity index (χ1n) is 9.16. The van der Waals surface area contributed by atoms with Gasteiger partial charge in [-0.3, -0.25) is 0 Å². The van der Waals surface area contributed by atoms with E-state index in [1.807, 2.05) is 54.6 Å². The average Bonchev–Trinajstić information content (AvgIpc) is 3.45. The number of hydrogen-bond acceptors (Lipinski definition) is 6. The first-order valence-corrected chi connectivity index (χ1v) is 9.97. The van der Waals surface area contributed by atoms with Gasteiger partial charge in [0.05, 0.1) is 0 Å². The van der Waals surface area contributed by atoms with Gasteiger partial charge in [0.25, 0.3) is 0 Å². The molecule has 3 heterocycles. The molecule has 29 heavy (non-hydrogen) atoms. The van der Waals surface area contributed by atoms with Crippen molar-refractivity contribution >= 4 is 38.0 Å². The molecule has 0 N–H and O–H groups in total. The van der Waals surface area contributed by atoms with Crippen LogP contribution < -0.4 is 4.74 Å². The fourth-order valence-corrected chi connectivity index (χ4v) is 4.17. The summed E-state index contributed by atoms with van der Waals surface area (Å²) in [5, 5.41) is 17.2. The summed E-state index contributed by atoms with van der Waals surface area (Å²) >= 11 is 1.46. The van der Waals surface area contributed by atoms with Gasteiger partial charge in [0.15, 0.2) is 10.8 Å². The summed E-state index contributed by atoms with van der Waals surface area (Å²) in [4.78, 5) is 0.706. The molecule has 0 fully saturated rings. The van der Waals surface area contributed by atoms with Crippen molar-refractivity contribution in [2.24, 2.45) is 0 Å². The first-order chi connectivity index (χ1) is 14.3. The highest BCUT2D eigenvalue weighted by Crippen LogP contribution is 2.29. The zero-order valence-corrected chi connectivity index (χ0v) is 16.0. The van der Waals surface area contributed by atoms with E-state index < -0.39 is 0 Å². The van der Waals surface area contributed by atoms with Gasteiger partial charge in [0.2, 0.25) is 10.8 Å². The zero-order valence-electron chi connectivity index (χ0n) is 15.1. The lowest BCUT2D eigenvalue weighted by Gasteiger charge is -2.07. The number of benzene rings is 3. The van der Waals surface area contributed by atoms with E-state index in [0.717, 1.165) is 32.5 Å². The van der Waals surface area contributed by atoms with Crippen LogP contribution in [0.3, 0.4) is 0 Å². The smallest absolute Gasteiger partial charge is 0.235 e. The van der Waals surface area contributed by atoms with Crippen molar-refractivity contribution in [3.05, 3.63) is 77.8 Å². The fourth-order valence-electron chi connectivity index (χ4n) is 3.42. The number of ether oxygens (including phenoxy) is 1. The molecule has 3 aromatic heterocycles. The zero-order chi connectivity index (χ0) is 19.2. The maximum Gasteiger partial charge on any atom is 0.235 e. The van der Waals surface area contributed by atoms with Crippen LogP contribution in [-0.2, 0) is 6.61 Å². The Bertz CT molecular complexity index is 1440. The number of fused-ring (bicyclic) bond motifs is 3. The summed E-state index contributed by atoms with van der Waals surface area (Å²) < 4.78 is 13.7. The summed E-state index contributed by atoms with van der Waals surface area (Å²) in [6.45, 7) is 0.363. The molecule has 0 radical (unpaired) electrons. The van der Waals surface area contributed by atoms with Gasteiger partial charge in [-0.15, -0.1) is 10.2 Å². The third kappa shape index (κ3) is 2.75. The standard InChI is InChI=1S/C22H14N4O2S/c1-3-9-16-14(6-1)8-5-11-18(16)27-13-20-25-26-21(23-24-22(26)29-20)19-12-15-7-2-4-10-17(15)28-19/h1-12H,13H2. The van der Waals surface area contributed by atoms with Crippen molar-refractivity contribution in [3.8, 4) is 17.3 Å². The summed E-state index contributed by atoms with van der Waals surface area (Å²) in [7, 11) is 0. The van der Waals surface area contributed by atoms with Gasteiger partial charge in [0.1, 0.15) is 17.9 Å². The van der Waals surface area contributed by atoms with Crippen LogP contribution in [0.15, 0.2) is 77.2 Å². The molecule has 6 nitrogen and oxygen atoms in total. The van der Waals surface area contributed by atoms with Gasteiger partial charge >= 0.3 is 0 Å². The van der Waals surface area contributed by atoms with Crippen molar-refractivity contribution in [1.29, 1.82) is 0 Å². The summed E-state index contributed by atoms with van der Waals surface area (Å²) in [5.74, 6) is 2.07. The minimum absolute atomic E-state index is 0.363. The Labute approximate surface area is 169 Å². The number of rotatable bonds is 4. The molecular weight excluding hydrogens is 384 g/mol. The highest BCUT2D eigenvalue weighted by Gasteiger charge is 2.17. The maximum absolute atomic E-state index is 6.06. The molecule has 140 valence electrons. The molecule has 6 rings (SSSR count). The van der Waals surface area contributed by atoms with E-state index in [1.54, 1.807) is 4.52 Å². The molecule has 0 atom stereocenters. The van der Waals surface area contributed by atoms with Crippen molar-refractivity contribution in [2.75, 3.05) is 0 Å². The van der Waals surface area contributed by atoms with E-state index >= 15 is 0 Å². The summed E-state index contributed by atoms with van der Waals surface area (Å²) in [6, 6.07) is 24.0. The Hall–Kier alpha value is -3.71. The third-order valence-corrected chi connectivity index (χ3v) is 5.65. The number of aromatic nitrogens is 4. The van der Waals surface area contributed by atoms with Gasteiger partial charge in [-0.25, -0.2) is 0 Å². The number of furan rings is 1. The number of para-hydroxylation sites is 1. The van der Waals surface area contributed by atoms with Gasteiger partial charge in [-0.1, -0.05) is 65.9 Å². The van der Waals surface area contributed by atoms with Crippen molar-refractivity contribution < 1.29 is 9.15 Å². The molecule has 3 aromatic carbocycles. The monoisotopic (exact) mass is 398 g/mol. The van der Waals surface area contributed by atoms with E-state index in [9.17, 15) is 0 Å². The quantitative estimate of drug-likeness (QED) is 0.401. The lowest BCUT2D eigenvalue weighted by molar-refractivity contribution is 0.308. The van der Waals surface area contributed by atoms with Gasteiger partial charge in [0, 0.05) is 10.8 Å². The van der Waals surface area contributed by atoms with E-state index in [4.69, 9.17) is 9.15 Å². The maximum atomic E-state index is 6.06. The lowest BCUT2D eigenvalue weighted by atomic mass is 10.1.